The molecule has 156 valence electrons. The van der Waals surface area contributed by atoms with Gasteiger partial charge < -0.3 is 14.5 Å². The molecular formula is C24H20BrN3O2S. The Morgan fingerprint density at radius 3 is 2.35 bits per heavy atom. The summed E-state index contributed by atoms with van der Waals surface area (Å²) in [7, 11) is 0. The number of amides is 1. The Hall–Kier alpha value is -2.90. The number of para-hydroxylation sites is 1. The number of fused-ring (bicyclic) bond motifs is 1. The van der Waals surface area contributed by atoms with Crippen molar-refractivity contribution in [2.75, 3.05) is 31.1 Å². The summed E-state index contributed by atoms with van der Waals surface area (Å²) < 4.78 is 8.04. The fraction of sp³-hybridized carbons (Fsp3) is 0.167. The summed E-state index contributed by atoms with van der Waals surface area (Å²) in [5.74, 6) is 1.55. The Balaban J connectivity index is 1.21. The zero-order valence-corrected chi connectivity index (χ0v) is 19.1. The molecule has 4 aromatic rings. The first-order valence-corrected chi connectivity index (χ1v) is 11.7. The summed E-state index contributed by atoms with van der Waals surface area (Å²) in [6, 6.07) is 23.1. The smallest absolute Gasteiger partial charge is 0.253 e. The molecule has 1 fully saturated rings. The number of carbonyl (C=O) groups is 1. The van der Waals surface area contributed by atoms with E-state index in [1.165, 1.54) is 4.70 Å². The number of nitrogens with zero attached hydrogens (tertiary/aromatic N) is 3. The van der Waals surface area contributed by atoms with Crippen LogP contribution in [0.4, 0.5) is 5.13 Å². The second kappa shape index (κ2) is 8.69. The molecule has 3 aromatic carbocycles. The Kier molecular flexibility index (Phi) is 5.61. The van der Waals surface area contributed by atoms with Crippen LogP contribution in [-0.4, -0.2) is 42.0 Å². The van der Waals surface area contributed by atoms with Crippen molar-refractivity contribution < 1.29 is 9.53 Å². The lowest BCUT2D eigenvalue weighted by molar-refractivity contribution is 0.0747. The first kappa shape index (κ1) is 20.0. The molecule has 2 heterocycles. The van der Waals surface area contributed by atoms with Crippen molar-refractivity contribution in [1.82, 2.24) is 9.88 Å². The normalized spacial score (nSPS) is 14.1. The second-order valence-corrected chi connectivity index (χ2v) is 9.25. The molecule has 5 nitrogen and oxygen atoms in total. The zero-order valence-electron chi connectivity index (χ0n) is 16.7. The number of piperazine rings is 1. The van der Waals surface area contributed by atoms with Gasteiger partial charge in [-0.15, -0.1) is 0 Å². The van der Waals surface area contributed by atoms with Crippen LogP contribution in [0.1, 0.15) is 10.4 Å². The number of hydrogen-bond donors (Lipinski definition) is 0. The third-order valence-corrected chi connectivity index (χ3v) is 6.83. The third-order valence-electron chi connectivity index (χ3n) is 5.26. The van der Waals surface area contributed by atoms with Gasteiger partial charge in [0.1, 0.15) is 11.5 Å². The quantitative estimate of drug-likeness (QED) is 0.359. The number of anilines is 1. The molecule has 1 aromatic heterocycles. The van der Waals surface area contributed by atoms with Crippen LogP contribution < -0.4 is 9.64 Å². The molecule has 1 aliphatic heterocycles. The van der Waals surface area contributed by atoms with Gasteiger partial charge in [0.15, 0.2) is 5.13 Å². The van der Waals surface area contributed by atoms with E-state index in [1.54, 1.807) is 11.3 Å². The van der Waals surface area contributed by atoms with Crippen LogP contribution in [0, 0.1) is 0 Å². The third kappa shape index (κ3) is 4.43. The molecule has 0 atom stereocenters. The highest BCUT2D eigenvalue weighted by atomic mass is 79.9. The number of aromatic nitrogens is 1. The molecule has 1 amide bonds. The van der Waals surface area contributed by atoms with Gasteiger partial charge in [0, 0.05) is 36.2 Å². The number of rotatable bonds is 4. The highest BCUT2D eigenvalue weighted by Gasteiger charge is 2.24. The van der Waals surface area contributed by atoms with Crippen LogP contribution in [0.3, 0.4) is 0 Å². The van der Waals surface area contributed by atoms with E-state index in [2.05, 4.69) is 26.9 Å². The number of halogens is 1. The standard InChI is InChI=1S/C24H20BrN3O2S/c25-18-8-11-21-22(16-18)31-24(26-21)28-14-12-27(13-15-28)23(29)17-6-9-20(10-7-17)30-19-4-2-1-3-5-19/h1-11,16H,12-15H2. The molecule has 0 aliphatic carbocycles. The average molecular weight is 494 g/mol. The van der Waals surface area contributed by atoms with Gasteiger partial charge in [0.2, 0.25) is 0 Å². The van der Waals surface area contributed by atoms with E-state index in [4.69, 9.17) is 9.72 Å². The Bertz CT molecular complexity index is 1200. The van der Waals surface area contributed by atoms with E-state index in [1.807, 2.05) is 71.6 Å². The molecule has 0 unspecified atom stereocenters. The van der Waals surface area contributed by atoms with Crippen molar-refractivity contribution in [3.8, 4) is 11.5 Å². The first-order chi connectivity index (χ1) is 15.2. The molecule has 1 aliphatic rings. The Labute approximate surface area is 193 Å². The second-order valence-electron chi connectivity index (χ2n) is 7.33. The number of thiazole rings is 1. The predicted octanol–water partition coefficient (Wildman–Crippen LogP) is 5.81. The van der Waals surface area contributed by atoms with Gasteiger partial charge in [0.25, 0.3) is 5.91 Å². The minimum Gasteiger partial charge on any atom is -0.457 e. The van der Waals surface area contributed by atoms with Crippen LogP contribution in [0.5, 0.6) is 11.5 Å². The number of benzene rings is 3. The largest absolute Gasteiger partial charge is 0.457 e. The average Bonchev–Trinajstić information content (AvgIpc) is 3.23. The van der Waals surface area contributed by atoms with Gasteiger partial charge in [-0.3, -0.25) is 4.79 Å². The van der Waals surface area contributed by atoms with E-state index in [0.29, 0.717) is 18.7 Å². The summed E-state index contributed by atoms with van der Waals surface area (Å²) in [5.41, 5.74) is 1.69. The summed E-state index contributed by atoms with van der Waals surface area (Å²) in [5, 5.41) is 1.02. The van der Waals surface area contributed by atoms with Gasteiger partial charge in [-0.1, -0.05) is 45.5 Å². The number of ether oxygens (including phenoxy) is 1. The maximum absolute atomic E-state index is 12.9. The molecular weight excluding hydrogens is 474 g/mol. The lowest BCUT2D eigenvalue weighted by Gasteiger charge is -2.34. The van der Waals surface area contributed by atoms with E-state index in [-0.39, 0.29) is 5.91 Å². The maximum atomic E-state index is 12.9. The van der Waals surface area contributed by atoms with Crippen LogP contribution in [-0.2, 0) is 0 Å². The molecule has 0 bridgehead atoms. The number of hydrogen-bond acceptors (Lipinski definition) is 5. The summed E-state index contributed by atoms with van der Waals surface area (Å²) >= 11 is 5.21. The van der Waals surface area contributed by atoms with E-state index in [0.717, 1.165) is 39.7 Å². The fourth-order valence-corrected chi connectivity index (χ4v) is 5.16. The monoisotopic (exact) mass is 493 g/mol. The Morgan fingerprint density at radius 2 is 1.61 bits per heavy atom. The maximum Gasteiger partial charge on any atom is 0.253 e. The minimum atomic E-state index is 0.0548. The highest BCUT2D eigenvalue weighted by molar-refractivity contribution is 9.10. The molecule has 31 heavy (non-hydrogen) atoms. The Morgan fingerprint density at radius 1 is 0.903 bits per heavy atom. The molecule has 0 spiro atoms. The first-order valence-electron chi connectivity index (χ1n) is 10.1. The van der Waals surface area contributed by atoms with E-state index in [9.17, 15) is 4.79 Å². The molecule has 0 saturated carbocycles. The van der Waals surface area contributed by atoms with Crippen molar-refractivity contribution in [2.45, 2.75) is 0 Å². The van der Waals surface area contributed by atoms with Crippen molar-refractivity contribution in [1.29, 1.82) is 0 Å². The van der Waals surface area contributed by atoms with Crippen molar-refractivity contribution in [2.24, 2.45) is 0 Å². The molecule has 7 heteroatoms. The highest BCUT2D eigenvalue weighted by Crippen LogP contribution is 2.31. The van der Waals surface area contributed by atoms with E-state index >= 15 is 0 Å². The van der Waals surface area contributed by atoms with Gasteiger partial charge in [-0.05, 0) is 54.6 Å². The molecule has 1 saturated heterocycles. The predicted molar refractivity (Wildman–Crippen MR) is 128 cm³/mol. The van der Waals surface area contributed by atoms with Crippen LogP contribution >= 0.6 is 27.3 Å². The van der Waals surface area contributed by atoms with Crippen LogP contribution in [0.25, 0.3) is 10.2 Å². The van der Waals surface area contributed by atoms with Crippen molar-refractivity contribution in [3.63, 3.8) is 0 Å². The lowest BCUT2D eigenvalue weighted by Crippen LogP contribution is -2.48. The van der Waals surface area contributed by atoms with Crippen LogP contribution in [0.2, 0.25) is 0 Å². The van der Waals surface area contributed by atoms with Crippen molar-refractivity contribution in [3.05, 3.63) is 82.8 Å². The molecule has 0 N–H and O–H groups in total. The zero-order chi connectivity index (χ0) is 21.2. The SMILES string of the molecule is O=C(c1ccc(Oc2ccccc2)cc1)N1CCN(c2nc3ccc(Br)cc3s2)CC1. The van der Waals surface area contributed by atoms with Crippen molar-refractivity contribution >= 4 is 48.5 Å². The van der Waals surface area contributed by atoms with Gasteiger partial charge in [-0.25, -0.2) is 4.98 Å². The summed E-state index contributed by atoms with van der Waals surface area (Å²) in [6.07, 6.45) is 0. The summed E-state index contributed by atoms with van der Waals surface area (Å²) in [4.78, 5) is 21.9. The van der Waals surface area contributed by atoms with E-state index < -0.39 is 0 Å². The lowest BCUT2D eigenvalue weighted by atomic mass is 10.1. The molecule has 0 radical (unpaired) electrons. The minimum absolute atomic E-state index is 0.0548. The topological polar surface area (TPSA) is 45.7 Å². The number of carbonyl (C=O) groups excluding carboxylic acids is 1. The summed E-state index contributed by atoms with van der Waals surface area (Å²) in [6.45, 7) is 2.92. The van der Waals surface area contributed by atoms with Gasteiger partial charge in [-0.2, -0.15) is 0 Å². The van der Waals surface area contributed by atoms with Gasteiger partial charge >= 0.3 is 0 Å². The van der Waals surface area contributed by atoms with Gasteiger partial charge in [0.05, 0.1) is 10.2 Å². The van der Waals surface area contributed by atoms with Crippen LogP contribution in [0.15, 0.2) is 77.3 Å². The molecule has 5 rings (SSSR count). The fourth-order valence-electron chi connectivity index (χ4n) is 3.60.